The van der Waals surface area contributed by atoms with Crippen LogP contribution in [0.5, 0.6) is 11.5 Å². The minimum Gasteiger partial charge on any atom is -0.497 e. The predicted octanol–water partition coefficient (Wildman–Crippen LogP) is 3.32. The second kappa shape index (κ2) is 7.70. The molecule has 25 heavy (non-hydrogen) atoms. The van der Waals surface area contributed by atoms with Crippen molar-refractivity contribution in [3.63, 3.8) is 0 Å². The first-order valence-electron chi connectivity index (χ1n) is 7.85. The highest BCUT2D eigenvalue weighted by molar-refractivity contribution is 5.88. The lowest BCUT2D eigenvalue weighted by atomic mass is 10.1. The van der Waals surface area contributed by atoms with Gasteiger partial charge in [-0.1, -0.05) is 12.1 Å². The molecule has 0 saturated carbocycles. The Morgan fingerprint density at radius 1 is 1.24 bits per heavy atom. The molecule has 0 saturated heterocycles. The van der Waals surface area contributed by atoms with Crippen LogP contribution >= 0.6 is 0 Å². The van der Waals surface area contributed by atoms with E-state index in [0.29, 0.717) is 11.3 Å². The lowest BCUT2D eigenvalue weighted by molar-refractivity contribution is -0.120. The fourth-order valence-corrected chi connectivity index (χ4v) is 2.48. The van der Waals surface area contributed by atoms with Gasteiger partial charge in [0.1, 0.15) is 17.9 Å². The molecule has 0 bridgehead atoms. The number of hydrogen-bond acceptors (Lipinski definition) is 4. The van der Waals surface area contributed by atoms with Gasteiger partial charge in [0.15, 0.2) is 11.6 Å². The quantitative estimate of drug-likeness (QED) is 0.669. The maximum absolute atomic E-state index is 13.4. The number of furan rings is 1. The largest absolute Gasteiger partial charge is 0.497 e. The summed E-state index contributed by atoms with van der Waals surface area (Å²) in [6.45, 7) is 0.479. The van der Waals surface area contributed by atoms with Gasteiger partial charge in [0.25, 0.3) is 0 Å². The number of fused-ring (bicyclic) bond motifs is 1. The van der Waals surface area contributed by atoms with Crippen LogP contribution in [-0.4, -0.2) is 26.2 Å². The van der Waals surface area contributed by atoms with Crippen LogP contribution in [0.1, 0.15) is 5.56 Å². The van der Waals surface area contributed by atoms with E-state index in [-0.39, 0.29) is 31.2 Å². The van der Waals surface area contributed by atoms with Crippen LogP contribution in [0.3, 0.4) is 0 Å². The van der Waals surface area contributed by atoms with E-state index in [1.54, 1.807) is 37.6 Å². The summed E-state index contributed by atoms with van der Waals surface area (Å²) in [5.74, 6) is 0.291. The second-order valence-corrected chi connectivity index (χ2v) is 5.43. The van der Waals surface area contributed by atoms with E-state index in [2.05, 4.69) is 5.32 Å². The number of nitrogens with one attached hydrogen (secondary N) is 1. The summed E-state index contributed by atoms with van der Waals surface area (Å²) in [5.41, 5.74) is 1.47. The van der Waals surface area contributed by atoms with Gasteiger partial charge in [0.2, 0.25) is 5.91 Å². The molecular formula is C19H18FNO4. The average molecular weight is 343 g/mol. The summed E-state index contributed by atoms with van der Waals surface area (Å²) in [5, 5.41) is 3.62. The maximum Gasteiger partial charge on any atom is 0.224 e. The Labute approximate surface area is 144 Å². The van der Waals surface area contributed by atoms with Crippen molar-refractivity contribution in [2.75, 3.05) is 20.3 Å². The first-order chi connectivity index (χ1) is 12.2. The summed E-state index contributed by atoms with van der Waals surface area (Å²) in [7, 11) is 1.59. The number of rotatable bonds is 7. The number of halogens is 1. The summed E-state index contributed by atoms with van der Waals surface area (Å²) >= 11 is 0. The van der Waals surface area contributed by atoms with E-state index in [0.717, 1.165) is 10.9 Å². The molecule has 0 fully saturated rings. The molecule has 1 aromatic heterocycles. The molecule has 3 rings (SSSR count). The number of para-hydroxylation sites is 1. The monoisotopic (exact) mass is 343 g/mol. The molecule has 130 valence electrons. The highest BCUT2D eigenvalue weighted by atomic mass is 19.1. The minimum absolute atomic E-state index is 0.157. The molecule has 0 aliphatic rings. The third kappa shape index (κ3) is 4.09. The van der Waals surface area contributed by atoms with E-state index in [1.807, 2.05) is 12.1 Å². The van der Waals surface area contributed by atoms with Crippen molar-refractivity contribution in [3.05, 3.63) is 60.1 Å². The highest BCUT2D eigenvalue weighted by Crippen LogP contribution is 2.25. The Kier molecular flexibility index (Phi) is 5.18. The number of carbonyl (C=O) groups is 1. The normalized spacial score (nSPS) is 10.6. The third-order valence-electron chi connectivity index (χ3n) is 3.73. The molecule has 1 amide bonds. The molecule has 0 aliphatic heterocycles. The Morgan fingerprint density at radius 3 is 2.88 bits per heavy atom. The van der Waals surface area contributed by atoms with Crippen molar-refractivity contribution in [2.24, 2.45) is 0 Å². The van der Waals surface area contributed by atoms with E-state index in [1.165, 1.54) is 6.07 Å². The highest BCUT2D eigenvalue weighted by Gasteiger charge is 2.11. The summed E-state index contributed by atoms with van der Waals surface area (Å²) in [4.78, 5) is 12.0. The summed E-state index contributed by atoms with van der Waals surface area (Å²) in [6.07, 6.45) is 1.76. The van der Waals surface area contributed by atoms with Crippen molar-refractivity contribution < 1.29 is 23.1 Å². The van der Waals surface area contributed by atoms with Crippen LogP contribution in [0, 0.1) is 5.82 Å². The molecule has 1 heterocycles. The molecule has 6 heteroatoms. The van der Waals surface area contributed by atoms with Gasteiger partial charge >= 0.3 is 0 Å². The van der Waals surface area contributed by atoms with Crippen LogP contribution in [-0.2, 0) is 11.2 Å². The number of benzene rings is 2. The summed E-state index contributed by atoms with van der Waals surface area (Å²) < 4.78 is 29.3. The van der Waals surface area contributed by atoms with Crippen LogP contribution in [0.15, 0.2) is 53.1 Å². The number of methoxy groups -OCH3 is 1. The zero-order chi connectivity index (χ0) is 17.6. The van der Waals surface area contributed by atoms with Gasteiger partial charge in [0.05, 0.1) is 26.3 Å². The Bertz CT molecular complexity index is 875. The van der Waals surface area contributed by atoms with Crippen molar-refractivity contribution in [1.82, 2.24) is 5.32 Å². The molecule has 2 aromatic carbocycles. The van der Waals surface area contributed by atoms with Gasteiger partial charge in [-0.05, 0) is 24.3 Å². The summed E-state index contributed by atoms with van der Waals surface area (Å²) in [6, 6.07) is 11.6. The number of amides is 1. The zero-order valence-corrected chi connectivity index (χ0v) is 13.8. The average Bonchev–Trinajstić information content (AvgIpc) is 3.02. The SMILES string of the molecule is COc1ccc2c(CC(=O)NCCOc3ccccc3F)coc2c1. The van der Waals surface area contributed by atoms with Crippen LogP contribution < -0.4 is 14.8 Å². The molecule has 0 spiro atoms. The second-order valence-electron chi connectivity index (χ2n) is 5.43. The van der Waals surface area contributed by atoms with Crippen molar-refractivity contribution in [3.8, 4) is 11.5 Å². The lowest BCUT2D eigenvalue weighted by Crippen LogP contribution is -2.29. The van der Waals surface area contributed by atoms with E-state index in [4.69, 9.17) is 13.9 Å². The molecule has 3 aromatic rings. The first-order valence-corrected chi connectivity index (χ1v) is 7.85. The van der Waals surface area contributed by atoms with Crippen molar-refractivity contribution >= 4 is 16.9 Å². The fourth-order valence-electron chi connectivity index (χ4n) is 2.48. The number of carbonyl (C=O) groups excluding carboxylic acids is 1. The van der Waals surface area contributed by atoms with Crippen molar-refractivity contribution in [2.45, 2.75) is 6.42 Å². The predicted molar refractivity (Wildman–Crippen MR) is 91.4 cm³/mol. The van der Waals surface area contributed by atoms with Crippen LogP contribution in [0.2, 0.25) is 0 Å². The Balaban J connectivity index is 1.50. The first kappa shape index (κ1) is 16.8. The fraction of sp³-hybridized carbons (Fsp3) is 0.211. The topological polar surface area (TPSA) is 60.7 Å². The standard InChI is InChI=1S/C19H18FNO4/c1-23-14-6-7-15-13(12-25-18(15)11-14)10-19(22)21-8-9-24-17-5-3-2-4-16(17)20/h2-7,11-12H,8-10H2,1H3,(H,21,22). The molecule has 0 radical (unpaired) electrons. The van der Waals surface area contributed by atoms with Crippen molar-refractivity contribution in [1.29, 1.82) is 0 Å². The molecule has 0 aliphatic carbocycles. The lowest BCUT2D eigenvalue weighted by Gasteiger charge is -2.08. The van der Waals surface area contributed by atoms with Crippen LogP contribution in [0.4, 0.5) is 4.39 Å². The van der Waals surface area contributed by atoms with Gasteiger partial charge < -0.3 is 19.2 Å². The van der Waals surface area contributed by atoms with Gasteiger partial charge in [-0.15, -0.1) is 0 Å². The van der Waals surface area contributed by atoms with Crippen LogP contribution in [0.25, 0.3) is 11.0 Å². The van der Waals surface area contributed by atoms with Gasteiger partial charge in [-0.25, -0.2) is 4.39 Å². The van der Waals surface area contributed by atoms with Gasteiger partial charge in [-0.2, -0.15) is 0 Å². The third-order valence-corrected chi connectivity index (χ3v) is 3.73. The van der Waals surface area contributed by atoms with Gasteiger partial charge in [0, 0.05) is 17.0 Å². The number of hydrogen-bond donors (Lipinski definition) is 1. The molecule has 0 atom stereocenters. The number of ether oxygens (including phenoxy) is 2. The van der Waals surface area contributed by atoms with E-state index >= 15 is 0 Å². The zero-order valence-electron chi connectivity index (χ0n) is 13.8. The maximum atomic E-state index is 13.4. The van der Waals surface area contributed by atoms with Gasteiger partial charge in [-0.3, -0.25) is 4.79 Å². The Hall–Kier alpha value is -3.02. The molecule has 0 unspecified atom stereocenters. The molecular weight excluding hydrogens is 325 g/mol. The van der Waals surface area contributed by atoms with E-state index in [9.17, 15) is 9.18 Å². The van der Waals surface area contributed by atoms with E-state index < -0.39 is 5.82 Å². The minimum atomic E-state index is -0.422. The smallest absolute Gasteiger partial charge is 0.224 e. The molecule has 5 nitrogen and oxygen atoms in total. The Morgan fingerprint density at radius 2 is 2.08 bits per heavy atom. The molecule has 1 N–H and O–H groups in total.